The van der Waals surface area contributed by atoms with Crippen LogP contribution in [0.25, 0.3) is 0 Å². The van der Waals surface area contributed by atoms with E-state index in [1.54, 1.807) is 68.8 Å². The molecule has 1 aliphatic carbocycles. The lowest BCUT2D eigenvalue weighted by atomic mass is 9.67. The van der Waals surface area contributed by atoms with Crippen molar-refractivity contribution in [2.75, 3.05) is 20.8 Å². The van der Waals surface area contributed by atoms with Crippen molar-refractivity contribution >= 4 is 11.8 Å². The molecule has 0 fully saturated rings. The number of hydrogen-bond acceptors (Lipinski definition) is 6. The Bertz CT molecular complexity index is 916. The maximum atomic E-state index is 13.6. The molecule has 158 valence electrons. The number of allylic oxidation sites excluding steroid dienone is 1. The quantitative estimate of drug-likeness (QED) is 0.427. The minimum Gasteiger partial charge on any atom is -0.497 e. The monoisotopic (exact) mass is 410 g/mol. The van der Waals surface area contributed by atoms with Crippen molar-refractivity contribution in [3.05, 3.63) is 71.8 Å². The minimum atomic E-state index is -1.55. The summed E-state index contributed by atoms with van der Waals surface area (Å²) in [4.78, 5) is 25.0. The zero-order chi connectivity index (χ0) is 21.7. The van der Waals surface area contributed by atoms with Crippen molar-refractivity contribution < 1.29 is 28.9 Å². The van der Waals surface area contributed by atoms with Crippen LogP contribution in [-0.2, 0) is 15.1 Å². The largest absolute Gasteiger partial charge is 0.497 e. The predicted octanol–water partition coefficient (Wildman–Crippen LogP) is 3.53. The Kier molecular flexibility index (Phi) is 6.57. The van der Waals surface area contributed by atoms with Gasteiger partial charge in [-0.2, -0.15) is 0 Å². The summed E-state index contributed by atoms with van der Waals surface area (Å²) in [6.07, 6.45) is 4.00. The van der Waals surface area contributed by atoms with E-state index in [2.05, 4.69) is 0 Å². The summed E-state index contributed by atoms with van der Waals surface area (Å²) in [5.74, 6) is -0.566. The second kappa shape index (κ2) is 9.13. The summed E-state index contributed by atoms with van der Waals surface area (Å²) >= 11 is 0. The molecule has 0 aliphatic heterocycles. The van der Waals surface area contributed by atoms with Crippen LogP contribution in [-0.4, -0.2) is 37.7 Å². The molecule has 0 saturated carbocycles. The molecule has 0 spiro atoms. The third kappa shape index (κ3) is 4.39. The number of methoxy groups -OCH3 is 2. The van der Waals surface area contributed by atoms with Crippen LogP contribution in [0.4, 0.5) is 0 Å². The lowest BCUT2D eigenvalue weighted by Gasteiger charge is -2.40. The summed E-state index contributed by atoms with van der Waals surface area (Å²) in [6, 6.07) is 13.7. The number of carbonyl (C=O) groups excluding carboxylic acids is 2. The van der Waals surface area contributed by atoms with Crippen molar-refractivity contribution in [2.45, 2.75) is 18.9 Å². The van der Waals surface area contributed by atoms with Crippen molar-refractivity contribution in [1.82, 2.24) is 0 Å². The fourth-order valence-electron chi connectivity index (χ4n) is 3.89. The number of ether oxygens (including phenoxy) is 3. The molecule has 2 aromatic carbocycles. The fourth-order valence-corrected chi connectivity index (χ4v) is 3.89. The topological polar surface area (TPSA) is 82.1 Å². The fraction of sp³-hybridized carbons (Fsp3) is 0.333. The molecule has 6 heteroatoms. The van der Waals surface area contributed by atoms with Crippen molar-refractivity contribution in [2.24, 2.45) is 11.8 Å². The average molecular weight is 410 g/mol. The van der Waals surface area contributed by atoms with E-state index in [0.717, 1.165) is 0 Å². The van der Waals surface area contributed by atoms with Gasteiger partial charge in [-0.05, 0) is 48.4 Å². The van der Waals surface area contributed by atoms with Gasteiger partial charge < -0.3 is 19.3 Å². The van der Waals surface area contributed by atoms with E-state index in [0.29, 0.717) is 29.0 Å². The molecule has 6 nitrogen and oxygen atoms in total. The molecule has 0 bridgehead atoms. The van der Waals surface area contributed by atoms with Crippen molar-refractivity contribution in [3.63, 3.8) is 0 Å². The summed E-state index contributed by atoms with van der Waals surface area (Å²) in [5, 5.41) is 11.7. The molecule has 2 aromatic rings. The second-order valence-electron chi connectivity index (χ2n) is 7.33. The maximum absolute atomic E-state index is 13.6. The van der Waals surface area contributed by atoms with Crippen LogP contribution in [0.15, 0.2) is 60.7 Å². The van der Waals surface area contributed by atoms with Gasteiger partial charge in [0.1, 0.15) is 17.1 Å². The molecule has 1 aliphatic rings. The van der Waals surface area contributed by atoms with Gasteiger partial charge >= 0.3 is 5.97 Å². The Morgan fingerprint density at radius 3 is 2.10 bits per heavy atom. The molecule has 1 N–H and O–H groups in total. The highest BCUT2D eigenvalue weighted by molar-refractivity contribution is 5.99. The number of benzene rings is 2. The molecular formula is C24H26O6. The molecule has 0 radical (unpaired) electrons. The SMILES string of the molecule is COc1ccc(C(=O)[C@H]2[C@H](COC(C)=O)CC=C[C@]2(O)c2ccc(OC)cc2)cc1. The third-order valence-electron chi connectivity index (χ3n) is 5.47. The Labute approximate surface area is 176 Å². The molecule has 3 rings (SSSR count). The van der Waals surface area contributed by atoms with E-state index >= 15 is 0 Å². The van der Waals surface area contributed by atoms with Crippen LogP contribution in [0.3, 0.4) is 0 Å². The van der Waals surface area contributed by atoms with E-state index in [4.69, 9.17) is 14.2 Å². The number of Topliss-reactive ketones (excluding diaryl/α,β-unsaturated/α-hetero) is 1. The molecule has 0 unspecified atom stereocenters. The Hall–Kier alpha value is -3.12. The van der Waals surface area contributed by atoms with Gasteiger partial charge in [-0.25, -0.2) is 0 Å². The van der Waals surface area contributed by atoms with Crippen LogP contribution in [0.5, 0.6) is 11.5 Å². The van der Waals surface area contributed by atoms with Gasteiger partial charge in [0.05, 0.1) is 26.7 Å². The average Bonchev–Trinajstić information content (AvgIpc) is 2.77. The van der Waals surface area contributed by atoms with E-state index in [1.807, 2.05) is 6.08 Å². The minimum absolute atomic E-state index is 0.0463. The van der Waals surface area contributed by atoms with E-state index in [9.17, 15) is 14.7 Å². The van der Waals surface area contributed by atoms with Crippen LogP contribution in [0.2, 0.25) is 0 Å². The van der Waals surface area contributed by atoms with Gasteiger partial charge in [0.2, 0.25) is 0 Å². The maximum Gasteiger partial charge on any atom is 0.302 e. The van der Waals surface area contributed by atoms with Gasteiger partial charge in [-0.15, -0.1) is 0 Å². The number of carbonyl (C=O) groups is 2. The molecule has 0 aromatic heterocycles. The van der Waals surface area contributed by atoms with Gasteiger partial charge in [0, 0.05) is 18.4 Å². The standard InChI is InChI=1S/C24H26O6/c1-16(25)30-15-18-5-4-14-24(27,19-8-12-21(29-3)13-9-19)22(18)23(26)17-6-10-20(28-2)11-7-17/h4,6-14,18,22,27H,5,15H2,1-3H3/t18-,22+,24-/m0/s1. The first-order valence-electron chi connectivity index (χ1n) is 9.75. The van der Waals surface area contributed by atoms with Crippen LogP contribution < -0.4 is 9.47 Å². The molecule has 0 amide bonds. The van der Waals surface area contributed by atoms with Crippen LogP contribution >= 0.6 is 0 Å². The van der Waals surface area contributed by atoms with Gasteiger partial charge in [-0.3, -0.25) is 9.59 Å². The van der Waals surface area contributed by atoms with Gasteiger partial charge in [-0.1, -0.05) is 24.3 Å². The first-order chi connectivity index (χ1) is 14.4. The molecular weight excluding hydrogens is 384 g/mol. The lowest BCUT2D eigenvalue weighted by Crippen LogP contribution is -2.46. The number of esters is 1. The van der Waals surface area contributed by atoms with Crippen LogP contribution in [0, 0.1) is 11.8 Å². The van der Waals surface area contributed by atoms with Crippen molar-refractivity contribution in [3.8, 4) is 11.5 Å². The van der Waals surface area contributed by atoms with Gasteiger partial charge in [0.25, 0.3) is 0 Å². The summed E-state index contributed by atoms with van der Waals surface area (Å²) in [6.45, 7) is 1.37. The smallest absolute Gasteiger partial charge is 0.302 e. The molecule has 3 atom stereocenters. The first kappa shape index (κ1) is 21.6. The summed E-state index contributed by atoms with van der Waals surface area (Å²) in [7, 11) is 3.12. The number of ketones is 1. The Morgan fingerprint density at radius 1 is 1.00 bits per heavy atom. The van der Waals surface area contributed by atoms with Crippen LogP contribution in [0.1, 0.15) is 29.3 Å². The molecule has 0 saturated heterocycles. The number of rotatable bonds is 7. The van der Waals surface area contributed by atoms with E-state index in [-0.39, 0.29) is 18.3 Å². The summed E-state index contributed by atoms with van der Waals surface area (Å²) < 4.78 is 15.6. The zero-order valence-electron chi connectivity index (χ0n) is 17.3. The highest BCUT2D eigenvalue weighted by Crippen LogP contribution is 2.43. The van der Waals surface area contributed by atoms with Crippen molar-refractivity contribution in [1.29, 1.82) is 0 Å². The second-order valence-corrected chi connectivity index (χ2v) is 7.33. The Balaban J connectivity index is 2.03. The third-order valence-corrected chi connectivity index (χ3v) is 5.47. The summed E-state index contributed by atoms with van der Waals surface area (Å²) in [5.41, 5.74) is -0.526. The number of aliphatic hydroxyl groups is 1. The lowest BCUT2D eigenvalue weighted by molar-refractivity contribution is -0.144. The normalized spacial score (nSPS) is 22.9. The highest BCUT2D eigenvalue weighted by Gasteiger charge is 2.47. The molecule has 0 heterocycles. The van der Waals surface area contributed by atoms with E-state index in [1.165, 1.54) is 6.92 Å². The number of hydrogen-bond donors (Lipinski definition) is 1. The van der Waals surface area contributed by atoms with Gasteiger partial charge in [0.15, 0.2) is 5.78 Å². The highest BCUT2D eigenvalue weighted by atomic mass is 16.5. The van der Waals surface area contributed by atoms with E-state index < -0.39 is 17.5 Å². The Morgan fingerprint density at radius 2 is 1.57 bits per heavy atom. The first-order valence-corrected chi connectivity index (χ1v) is 9.75. The molecule has 30 heavy (non-hydrogen) atoms. The zero-order valence-corrected chi connectivity index (χ0v) is 17.3. The predicted molar refractivity (Wildman–Crippen MR) is 112 cm³/mol.